The highest BCUT2D eigenvalue weighted by Crippen LogP contribution is 2.30. The van der Waals surface area contributed by atoms with Crippen molar-refractivity contribution < 1.29 is 19.4 Å². The Morgan fingerprint density at radius 3 is 2.25 bits per heavy atom. The van der Waals surface area contributed by atoms with Gasteiger partial charge >= 0.3 is 6.03 Å². The number of rotatable bonds is 11. The summed E-state index contributed by atoms with van der Waals surface area (Å²) < 4.78 is 6.16. The van der Waals surface area contributed by atoms with E-state index >= 15 is 0 Å². The van der Waals surface area contributed by atoms with Gasteiger partial charge in [0.25, 0.3) is 5.91 Å². The zero-order valence-electron chi connectivity index (χ0n) is 19.2. The van der Waals surface area contributed by atoms with Crippen LogP contribution in [0, 0.1) is 6.92 Å². The summed E-state index contributed by atoms with van der Waals surface area (Å²) in [5, 5.41) is 13.6. The number of ether oxygens (including phenoxy) is 1. The fraction of sp³-hybridized carbons (Fsp3) is 0.462. The van der Waals surface area contributed by atoms with Crippen LogP contribution in [0.2, 0.25) is 0 Å². The summed E-state index contributed by atoms with van der Waals surface area (Å²) in [4.78, 5) is 26.8. The quantitative estimate of drug-likeness (QED) is 0.511. The van der Waals surface area contributed by atoms with Crippen LogP contribution < -0.4 is 5.32 Å². The maximum absolute atomic E-state index is 13.1. The Balaban J connectivity index is 1.71. The van der Waals surface area contributed by atoms with Crippen LogP contribution in [0.3, 0.4) is 0 Å². The molecule has 0 spiro atoms. The van der Waals surface area contributed by atoms with Crippen molar-refractivity contribution in [1.29, 1.82) is 0 Å². The van der Waals surface area contributed by atoms with Gasteiger partial charge in [0.15, 0.2) is 0 Å². The van der Waals surface area contributed by atoms with E-state index in [9.17, 15) is 14.7 Å². The van der Waals surface area contributed by atoms with Crippen LogP contribution in [0.4, 0.5) is 4.79 Å². The largest absolute Gasteiger partial charge is 0.389 e. The number of urea groups is 1. The summed E-state index contributed by atoms with van der Waals surface area (Å²) >= 11 is 0. The lowest BCUT2D eigenvalue weighted by Gasteiger charge is -2.26. The molecule has 1 aliphatic heterocycles. The van der Waals surface area contributed by atoms with E-state index in [2.05, 4.69) is 5.32 Å². The van der Waals surface area contributed by atoms with E-state index in [1.54, 1.807) is 0 Å². The molecule has 1 heterocycles. The van der Waals surface area contributed by atoms with Crippen molar-refractivity contribution in [2.75, 3.05) is 13.2 Å². The molecule has 1 aliphatic rings. The third-order valence-electron chi connectivity index (χ3n) is 6.02. The van der Waals surface area contributed by atoms with Gasteiger partial charge in [-0.25, -0.2) is 4.79 Å². The van der Waals surface area contributed by atoms with E-state index in [0.29, 0.717) is 12.8 Å². The van der Waals surface area contributed by atoms with Crippen LogP contribution in [0.25, 0.3) is 0 Å². The van der Waals surface area contributed by atoms with Gasteiger partial charge in [-0.05, 0) is 36.5 Å². The first kappa shape index (κ1) is 24.0. The SMILES string of the molecule is CCCC1(CCC)NC(=O)N(C[C@H](O)CO[C@H](c2ccccc2)c2ccccc2C)C1=O. The molecule has 0 radical (unpaired) electrons. The van der Waals surface area contributed by atoms with Gasteiger partial charge in [-0.15, -0.1) is 0 Å². The van der Waals surface area contributed by atoms with Crippen molar-refractivity contribution in [3.05, 3.63) is 71.3 Å². The molecule has 3 amide bonds. The molecule has 6 heteroatoms. The standard InChI is InChI=1S/C26H34N2O4/c1-4-15-26(16-5-2)24(30)28(25(31)27-26)17-21(29)18-32-23(20-12-7-6-8-13-20)22-14-10-9-11-19(22)3/h6-14,21,23,29H,4-5,15-18H2,1-3H3,(H,27,31)/t21-,23+/m0/s1. The first-order valence-corrected chi connectivity index (χ1v) is 11.5. The third-order valence-corrected chi connectivity index (χ3v) is 6.02. The van der Waals surface area contributed by atoms with Gasteiger partial charge in [0.2, 0.25) is 0 Å². The molecular weight excluding hydrogens is 404 g/mol. The van der Waals surface area contributed by atoms with Crippen molar-refractivity contribution in [1.82, 2.24) is 10.2 Å². The number of aryl methyl sites for hydroxylation is 1. The minimum absolute atomic E-state index is 0.000485. The summed E-state index contributed by atoms with van der Waals surface area (Å²) in [6.45, 7) is 5.93. The van der Waals surface area contributed by atoms with Crippen LogP contribution in [0.5, 0.6) is 0 Å². The molecule has 172 valence electrons. The smallest absolute Gasteiger partial charge is 0.325 e. The molecule has 32 heavy (non-hydrogen) atoms. The Morgan fingerprint density at radius 2 is 1.62 bits per heavy atom. The van der Waals surface area contributed by atoms with Gasteiger partial charge in [0, 0.05) is 0 Å². The highest BCUT2D eigenvalue weighted by Gasteiger charge is 2.50. The molecule has 0 aliphatic carbocycles. The number of nitrogens with zero attached hydrogens (tertiary/aromatic N) is 1. The zero-order valence-corrected chi connectivity index (χ0v) is 19.2. The van der Waals surface area contributed by atoms with Crippen LogP contribution in [-0.2, 0) is 9.53 Å². The number of β-amino-alcohol motifs (C(OH)–C–C–N with tert-alkyl or cyclic N) is 1. The Morgan fingerprint density at radius 1 is 1.00 bits per heavy atom. The summed E-state index contributed by atoms with van der Waals surface area (Å²) in [5.74, 6) is -0.247. The maximum Gasteiger partial charge on any atom is 0.325 e. The van der Waals surface area contributed by atoms with E-state index < -0.39 is 17.7 Å². The first-order chi connectivity index (χ1) is 15.4. The number of carbonyl (C=O) groups excluding carboxylic acids is 2. The Hall–Kier alpha value is -2.70. The molecule has 0 unspecified atom stereocenters. The van der Waals surface area contributed by atoms with Crippen molar-refractivity contribution in [3.8, 4) is 0 Å². The predicted molar refractivity (Wildman–Crippen MR) is 124 cm³/mol. The van der Waals surface area contributed by atoms with Gasteiger partial charge in [0.05, 0.1) is 19.3 Å². The lowest BCUT2D eigenvalue weighted by molar-refractivity contribution is -0.133. The van der Waals surface area contributed by atoms with Crippen LogP contribution in [-0.4, -0.2) is 46.7 Å². The first-order valence-electron chi connectivity index (χ1n) is 11.5. The molecule has 0 bridgehead atoms. The maximum atomic E-state index is 13.1. The molecule has 3 rings (SSSR count). The van der Waals surface area contributed by atoms with E-state index in [1.807, 2.05) is 75.4 Å². The highest BCUT2D eigenvalue weighted by molar-refractivity contribution is 6.07. The number of nitrogens with one attached hydrogen (secondary N) is 1. The third kappa shape index (κ3) is 5.19. The van der Waals surface area contributed by atoms with Gasteiger partial charge in [-0.2, -0.15) is 0 Å². The summed E-state index contributed by atoms with van der Waals surface area (Å²) in [6.07, 6.45) is 1.44. The van der Waals surface area contributed by atoms with Crippen LogP contribution in [0.15, 0.2) is 54.6 Å². The number of benzene rings is 2. The Labute approximate surface area is 190 Å². The molecule has 1 saturated heterocycles. The van der Waals surface area contributed by atoms with Crippen molar-refractivity contribution in [2.45, 2.75) is 64.2 Å². The number of amides is 3. The van der Waals surface area contributed by atoms with E-state index in [1.165, 1.54) is 0 Å². The molecule has 1 fully saturated rings. The molecule has 2 aromatic rings. The van der Waals surface area contributed by atoms with Crippen molar-refractivity contribution in [3.63, 3.8) is 0 Å². The fourth-order valence-corrected chi connectivity index (χ4v) is 4.50. The summed E-state index contributed by atoms with van der Waals surface area (Å²) in [5.41, 5.74) is 2.24. The zero-order chi connectivity index (χ0) is 23.1. The van der Waals surface area contributed by atoms with Gasteiger partial charge < -0.3 is 15.2 Å². The van der Waals surface area contributed by atoms with Gasteiger partial charge in [-0.1, -0.05) is 81.3 Å². The molecule has 0 aromatic heterocycles. The lowest BCUT2D eigenvalue weighted by atomic mass is 9.88. The number of hydrogen-bond acceptors (Lipinski definition) is 4. The Kier molecular flexibility index (Phi) is 8.04. The van der Waals surface area contributed by atoms with E-state index in [0.717, 1.165) is 34.4 Å². The Bertz CT molecular complexity index is 909. The average molecular weight is 439 g/mol. The van der Waals surface area contributed by atoms with Gasteiger partial charge in [0.1, 0.15) is 11.6 Å². The van der Waals surface area contributed by atoms with Gasteiger partial charge in [-0.3, -0.25) is 9.69 Å². The van der Waals surface area contributed by atoms with Crippen molar-refractivity contribution in [2.24, 2.45) is 0 Å². The van der Waals surface area contributed by atoms with Crippen LogP contribution >= 0.6 is 0 Å². The average Bonchev–Trinajstić information content (AvgIpc) is 3.00. The number of imide groups is 1. The number of carbonyl (C=O) groups is 2. The summed E-state index contributed by atoms with van der Waals surface area (Å²) in [6, 6.07) is 17.4. The number of aliphatic hydroxyl groups is 1. The summed E-state index contributed by atoms with van der Waals surface area (Å²) in [7, 11) is 0. The minimum atomic E-state index is -0.987. The second kappa shape index (κ2) is 10.7. The molecule has 0 saturated carbocycles. The predicted octanol–water partition coefficient (Wildman–Crippen LogP) is 4.35. The monoisotopic (exact) mass is 438 g/mol. The topological polar surface area (TPSA) is 78.9 Å². The minimum Gasteiger partial charge on any atom is -0.389 e. The highest BCUT2D eigenvalue weighted by atomic mass is 16.5. The van der Waals surface area contributed by atoms with Crippen LogP contribution in [0.1, 0.15) is 62.3 Å². The number of hydrogen-bond donors (Lipinski definition) is 2. The van der Waals surface area contributed by atoms with E-state index in [4.69, 9.17) is 4.74 Å². The second-order valence-corrected chi connectivity index (χ2v) is 8.56. The normalized spacial score (nSPS) is 17.3. The lowest BCUT2D eigenvalue weighted by Crippen LogP contribution is -2.47. The van der Waals surface area contributed by atoms with E-state index in [-0.39, 0.29) is 25.2 Å². The molecular formula is C26H34N2O4. The van der Waals surface area contributed by atoms with Crippen molar-refractivity contribution >= 4 is 11.9 Å². The molecule has 2 N–H and O–H groups in total. The molecule has 6 nitrogen and oxygen atoms in total. The number of aliphatic hydroxyl groups excluding tert-OH is 1. The molecule has 2 atom stereocenters. The second-order valence-electron chi connectivity index (χ2n) is 8.56. The fourth-order valence-electron chi connectivity index (χ4n) is 4.50. The molecule has 2 aromatic carbocycles.